The Bertz CT molecular complexity index is 909. The normalized spacial score (nSPS) is 13.1. The van der Waals surface area contributed by atoms with Crippen LogP contribution in [-0.2, 0) is 10.0 Å². The lowest BCUT2D eigenvalue weighted by molar-refractivity contribution is 0.418. The molecule has 0 aliphatic carbocycles. The molecule has 0 fully saturated rings. The van der Waals surface area contributed by atoms with Gasteiger partial charge in [-0.3, -0.25) is 0 Å². The van der Waals surface area contributed by atoms with E-state index < -0.39 is 16.1 Å². The van der Waals surface area contributed by atoms with Gasteiger partial charge in [0, 0.05) is 11.5 Å². The van der Waals surface area contributed by atoms with Gasteiger partial charge < -0.3 is 0 Å². The summed E-state index contributed by atoms with van der Waals surface area (Å²) in [5, 5.41) is 1.77. The Kier molecular flexibility index (Phi) is 5.20. The van der Waals surface area contributed by atoms with Crippen LogP contribution in [0.4, 0.5) is 0 Å². The van der Waals surface area contributed by atoms with Crippen molar-refractivity contribution in [3.8, 4) is 0 Å². The first-order chi connectivity index (χ1) is 11.5. The number of benzene rings is 2. The largest absolute Gasteiger partial charge is 0.253 e. The van der Waals surface area contributed by atoms with Crippen LogP contribution in [0.25, 0.3) is 0 Å². The third-order valence-corrected chi connectivity index (χ3v) is 7.73. The highest BCUT2D eigenvalue weighted by Crippen LogP contribution is 2.36. The summed E-state index contributed by atoms with van der Waals surface area (Å²) in [7, 11) is -1.95. The van der Waals surface area contributed by atoms with Crippen LogP contribution in [0.5, 0.6) is 0 Å². The zero-order chi connectivity index (χ0) is 17.2. The third-order valence-electron chi connectivity index (χ3n) is 3.81. The van der Waals surface area contributed by atoms with Crippen LogP contribution in [0.1, 0.15) is 17.2 Å². The summed E-state index contributed by atoms with van der Waals surface area (Å²) in [6, 6.07) is 20.4. The van der Waals surface area contributed by atoms with E-state index in [4.69, 9.17) is 0 Å². The van der Waals surface area contributed by atoms with Gasteiger partial charge in [0.05, 0.1) is 6.04 Å². The van der Waals surface area contributed by atoms with Crippen molar-refractivity contribution in [1.29, 1.82) is 0 Å². The second-order valence-corrected chi connectivity index (χ2v) is 9.31. The van der Waals surface area contributed by atoms with Crippen LogP contribution in [0.15, 0.2) is 80.8 Å². The monoisotopic (exact) mass is 421 g/mol. The number of thiophene rings is 1. The minimum atomic E-state index is -3.58. The minimum absolute atomic E-state index is 0.345. The highest BCUT2D eigenvalue weighted by atomic mass is 79.9. The standard InChI is InChI=1S/C18H16BrNO2S2/c1-20(24(21,22)17-12-7-13-23-17)18(14-8-3-2-4-9-14)15-10-5-6-11-16(15)19/h2-13,18H,1H3. The maximum atomic E-state index is 13.0. The van der Waals surface area contributed by atoms with Crippen molar-refractivity contribution in [2.45, 2.75) is 10.3 Å². The van der Waals surface area contributed by atoms with E-state index in [9.17, 15) is 8.42 Å². The van der Waals surface area contributed by atoms with Gasteiger partial charge in [0.2, 0.25) is 0 Å². The first-order valence-corrected chi connectivity index (χ1v) is 10.4. The summed E-state index contributed by atoms with van der Waals surface area (Å²) >= 11 is 4.79. The number of sulfonamides is 1. The summed E-state index contributed by atoms with van der Waals surface area (Å²) in [6.07, 6.45) is 0. The molecule has 0 aliphatic rings. The molecule has 0 bridgehead atoms. The van der Waals surface area contributed by atoms with E-state index in [-0.39, 0.29) is 0 Å². The molecular weight excluding hydrogens is 406 g/mol. The minimum Gasteiger partial charge on any atom is -0.206 e. The van der Waals surface area contributed by atoms with E-state index in [0.717, 1.165) is 15.6 Å². The number of nitrogens with zero attached hydrogens (tertiary/aromatic N) is 1. The van der Waals surface area contributed by atoms with Crippen LogP contribution in [0.2, 0.25) is 0 Å². The van der Waals surface area contributed by atoms with Crippen LogP contribution in [0.3, 0.4) is 0 Å². The van der Waals surface area contributed by atoms with Crippen molar-refractivity contribution in [3.63, 3.8) is 0 Å². The van der Waals surface area contributed by atoms with Crippen molar-refractivity contribution in [3.05, 3.63) is 87.7 Å². The number of hydrogen-bond acceptors (Lipinski definition) is 3. The van der Waals surface area contributed by atoms with Crippen molar-refractivity contribution in [2.75, 3.05) is 7.05 Å². The summed E-state index contributed by atoms with van der Waals surface area (Å²) < 4.78 is 28.7. The summed E-state index contributed by atoms with van der Waals surface area (Å²) in [6.45, 7) is 0. The Balaban J connectivity index is 2.14. The first-order valence-electron chi connectivity index (χ1n) is 7.32. The smallest absolute Gasteiger partial charge is 0.206 e. The van der Waals surface area contributed by atoms with E-state index in [1.807, 2.05) is 54.6 Å². The van der Waals surface area contributed by atoms with Gasteiger partial charge in [-0.2, -0.15) is 4.31 Å². The fourth-order valence-electron chi connectivity index (χ4n) is 2.61. The number of halogens is 1. The van der Waals surface area contributed by atoms with Crippen LogP contribution >= 0.6 is 27.3 Å². The van der Waals surface area contributed by atoms with Crippen molar-refractivity contribution < 1.29 is 8.42 Å². The number of hydrogen-bond donors (Lipinski definition) is 0. The molecule has 0 N–H and O–H groups in total. The van der Waals surface area contributed by atoms with Gasteiger partial charge in [-0.15, -0.1) is 11.3 Å². The predicted molar refractivity (Wildman–Crippen MR) is 102 cm³/mol. The lowest BCUT2D eigenvalue weighted by Crippen LogP contribution is -2.31. The SMILES string of the molecule is CN(C(c1ccccc1)c1ccccc1Br)S(=O)(=O)c1cccs1. The predicted octanol–water partition coefficient (Wildman–Crippen LogP) is 4.92. The molecule has 1 aromatic heterocycles. The second kappa shape index (κ2) is 7.19. The molecule has 0 saturated carbocycles. The molecule has 0 aliphatic heterocycles. The van der Waals surface area contributed by atoms with E-state index in [2.05, 4.69) is 15.9 Å². The molecule has 124 valence electrons. The van der Waals surface area contributed by atoms with E-state index in [1.54, 1.807) is 24.6 Å². The fraction of sp³-hybridized carbons (Fsp3) is 0.111. The molecular formula is C18H16BrNO2S2. The molecule has 0 spiro atoms. The zero-order valence-electron chi connectivity index (χ0n) is 13.0. The van der Waals surface area contributed by atoms with Gasteiger partial charge >= 0.3 is 0 Å². The summed E-state index contributed by atoms with van der Waals surface area (Å²) in [4.78, 5) is 0. The highest BCUT2D eigenvalue weighted by Gasteiger charge is 2.31. The molecule has 0 radical (unpaired) electrons. The van der Waals surface area contributed by atoms with Gasteiger partial charge in [-0.25, -0.2) is 8.42 Å². The van der Waals surface area contributed by atoms with E-state index in [0.29, 0.717) is 4.21 Å². The average Bonchev–Trinajstić information content (AvgIpc) is 3.13. The quantitative estimate of drug-likeness (QED) is 0.585. The fourth-order valence-corrected chi connectivity index (χ4v) is 5.61. The molecule has 3 rings (SSSR count). The summed E-state index contributed by atoms with van der Waals surface area (Å²) in [5.74, 6) is 0. The Morgan fingerprint density at radius 2 is 1.62 bits per heavy atom. The Labute approximate surface area is 154 Å². The van der Waals surface area contributed by atoms with Gasteiger partial charge in [0.25, 0.3) is 10.0 Å². The molecule has 0 saturated heterocycles. The Morgan fingerprint density at radius 3 is 2.25 bits per heavy atom. The molecule has 1 atom stereocenters. The first kappa shape index (κ1) is 17.4. The van der Waals surface area contributed by atoms with Crippen molar-refractivity contribution >= 4 is 37.3 Å². The van der Waals surface area contributed by atoms with Crippen LogP contribution in [0, 0.1) is 0 Å². The van der Waals surface area contributed by atoms with Crippen LogP contribution < -0.4 is 0 Å². The second-order valence-electron chi connectivity index (χ2n) is 5.29. The van der Waals surface area contributed by atoms with Crippen molar-refractivity contribution in [2.24, 2.45) is 0 Å². The third kappa shape index (κ3) is 3.32. The van der Waals surface area contributed by atoms with E-state index in [1.165, 1.54) is 15.6 Å². The molecule has 2 aromatic carbocycles. The molecule has 6 heteroatoms. The molecule has 24 heavy (non-hydrogen) atoms. The molecule has 3 aromatic rings. The molecule has 1 heterocycles. The lowest BCUT2D eigenvalue weighted by Gasteiger charge is -2.28. The van der Waals surface area contributed by atoms with Crippen molar-refractivity contribution in [1.82, 2.24) is 4.31 Å². The van der Waals surface area contributed by atoms with Gasteiger partial charge in [0.1, 0.15) is 4.21 Å². The van der Waals surface area contributed by atoms with E-state index >= 15 is 0 Å². The van der Waals surface area contributed by atoms with Gasteiger partial charge in [-0.1, -0.05) is 70.5 Å². The summed E-state index contributed by atoms with van der Waals surface area (Å²) in [5.41, 5.74) is 1.83. The van der Waals surface area contributed by atoms with Gasteiger partial charge in [0.15, 0.2) is 0 Å². The zero-order valence-corrected chi connectivity index (χ0v) is 16.2. The maximum absolute atomic E-state index is 13.0. The number of rotatable bonds is 5. The Hall–Kier alpha value is -1.47. The van der Waals surface area contributed by atoms with Gasteiger partial charge in [-0.05, 0) is 28.6 Å². The topological polar surface area (TPSA) is 37.4 Å². The van der Waals surface area contributed by atoms with Crippen LogP contribution in [-0.4, -0.2) is 19.8 Å². The maximum Gasteiger partial charge on any atom is 0.253 e. The molecule has 3 nitrogen and oxygen atoms in total. The average molecular weight is 422 g/mol. The highest BCUT2D eigenvalue weighted by molar-refractivity contribution is 9.10. The molecule has 0 amide bonds. The molecule has 1 unspecified atom stereocenters. The Morgan fingerprint density at radius 1 is 0.958 bits per heavy atom. The lowest BCUT2D eigenvalue weighted by atomic mass is 9.99.